The lowest BCUT2D eigenvalue weighted by molar-refractivity contribution is -0.162. The van der Waals surface area contributed by atoms with Crippen molar-refractivity contribution in [3.8, 4) is 6.07 Å². The summed E-state index contributed by atoms with van der Waals surface area (Å²) in [4.78, 5) is 14.4. The summed E-state index contributed by atoms with van der Waals surface area (Å²) in [5, 5.41) is 10.7. The lowest BCUT2D eigenvalue weighted by atomic mass is 9.39. The number of rotatable bonds is 4. The van der Waals surface area contributed by atoms with Gasteiger partial charge in [0.1, 0.15) is 0 Å². The van der Waals surface area contributed by atoms with E-state index in [9.17, 15) is 10.1 Å². The van der Waals surface area contributed by atoms with E-state index in [1.54, 1.807) is 11.8 Å². The minimum atomic E-state index is -0.479. The molecule has 0 bridgehead atoms. The number of allylic oxidation sites excluding steroid dienone is 2. The fourth-order valence-corrected chi connectivity index (χ4v) is 8.62. The van der Waals surface area contributed by atoms with E-state index in [0.717, 1.165) is 30.6 Å². The molecule has 170 valence electrons. The second-order valence-corrected chi connectivity index (χ2v) is 11.8. The smallest absolute Gasteiger partial charge is 0.310 e. The predicted molar refractivity (Wildman–Crippen MR) is 130 cm³/mol. The molecule has 2 fully saturated rings. The molecule has 2 saturated carbocycles. The maximum absolute atomic E-state index is 13.2. The van der Waals surface area contributed by atoms with Gasteiger partial charge in [0.15, 0.2) is 0 Å². The van der Waals surface area contributed by atoms with Crippen LogP contribution in [0.5, 0.6) is 0 Å². The van der Waals surface area contributed by atoms with Gasteiger partial charge in [-0.05, 0) is 60.5 Å². The normalized spacial score (nSPS) is 42.8. The van der Waals surface area contributed by atoms with E-state index in [1.165, 1.54) is 7.11 Å². The minimum Gasteiger partial charge on any atom is -0.469 e. The molecule has 3 aliphatic rings. The van der Waals surface area contributed by atoms with Crippen LogP contribution in [0.3, 0.4) is 0 Å². The number of carbonyl (C=O) groups excluding carboxylic acids is 1. The summed E-state index contributed by atoms with van der Waals surface area (Å²) in [6.07, 6.45) is 10.3. The molecule has 0 aromatic heterocycles. The number of methoxy groups -OCH3 is 1. The Morgan fingerprint density at radius 2 is 1.94 bits per heavy atom. The molecule has 0 heterocycles. The number of ether oxygens (including phenoxy) is 1. The molecule has 0 spiro atoms. The van der Waals surface area contributed by atoms with E-state index in [-0.39, 0.29) is 39.8 Å². The van der Waals surface area contributed by atoms with Crippen LogP contribution >= 0.6 is 11.8 Å². The van der Waals surface area contributed by atoms with Gasteiger partial charge >= 0.3 is 5.97 Å². The fraction of sp³-hybridized carbons (Fsp3) is 0.571. The highest BCUT2D eigenvalue weighted by molar-refractivity contribution is 8.00. The first-order valence-electron chi connectivity index (χ1n) is 11.8. The molecule has 0 radical (unpaired) electrons. The minimum absolute atomic E-state index is 0.00769. The highest BCUT2D eigenvalue weighted by Gasteiger charge is 2.66. The molecule has 4 heteroatoms. The van der Waals surface area contributed by atoms with E-state index >= 15 is 0 Å². The quantitative estimate of drug-likeness (QED) is 0.380. The molecule has 0 amide bonds. The van der Waals surface area contributed by atoms with E-state index in [1.807, 2.05) is 18.2 Å². The van der Waals surface area contributed by atoms with E-state index in [4.69, 9.17) is 4.74 Å². The third-order valence-electron chi connectivity index (χ3n) is 9.31. The molecule has 0 unspecified atom stereocenters. The summed E-state index contributed by atoms with van der Waals surface area (Å²) in [6, 6.07) is 13.1. The number of benzene rings is 1. The van der Waals surface area contributed by atoms with Gasteiger partial charge in [0.05, 0.1) is 24.5 Å². The molecule has 1 aromatic rings. The van der Waals surface area contributed by atoms with Crippen LogP contribution in [-0.4, -0.2) is 18.3 Å². The first-order chi connectivity index (χ1) is 15.3. The molecule has 0 saturated heterocycles. The van der Waals surface area contributed by atoms with Crippen LogP contribution in [0.15, 0.2) is 60.0 Å². The topological polar surface area (TPSA) is 50.1 Å². The maximum Gasteiger partial charge on any atom is 0.310 e. The third-order valence-corrected chi connectivity index (χ3v) is 10.6. The van der Waals surface area contributed by atoms with Gasteiger partial charge in [0.2, 0.25) is 0 Å². The van der Waals surface area contributed by atoms with Gasteiger partial charge in [-0.25, -0.2) is 0 Å². The summed E-state index contributed by atoms with van der Waals surface area (Å²) in [5.41, 5.74) is -0.865. The van der Waals surface area contributed by atoms with Gasteiger partial charge in [0.25, 0.3) is 0 Å². The number of nitrogens with zero attached hydrogens (tertiary/aromatic N) is 1. The lowest BCUT2D eigenvalue weighted by Crippen LogP contribution is -2.61. The van der Waals surface area contributed by atoms with Gasteiger partial charge in [-0.15, -0.1) is 18.3 Å². The van der Waals surface area contributed by atoms with E-state index < -0.39 is 5.41 Å². The highest BCUT2D eigenvalue weighted by atomic mass is 32.2. The number of carbonyl (C=O) groups is 1. The van der Waals surface area contributed by atoms with Gasteiger partial charge in [-0.3, -0.25) is 4.79 Å². The number of esters is 1. The summed E-state index contributed by atoms with van der Waals surface area (Å²) in [6.45, 7) is 11.0. The number of hydrogen-bond acceptors (Lipinski definition) is 4. The molecule has 3 nitrogen and oxygen atoms in total. The molecule has 32 heavy (non-hydrogen) atoms. The van der Waals surface area contributed by atoms with Crippen LogP contribution in [0.1, 0.15) is 46.5 Å². The van der Waals surface area contributed by atoms with Crippen LogP contribution in [0.4, 0.5) is 0 Å². The van der Waals surface area contributed by atoms with Crippen molar-refractivity contribution in [2.75, 3.05) is 7.11 Å². The summed E-state index contributed by atoms with van der Waals surface area (Å²) >= 11 is 1.72. The monoisotopic (exact) mass is 449 g/mol. The fourth-order valence-electron chi connectivity index (χ4n) is 7.27. The van der Waals surface area contributed by atoms with E-state index in [0.29, 0.717) is 5.92 Å². The highest BCUT2D eigenvalue weighted by Crippen LogP contribution is 2.69. The zero-order chi connectivity index (χ0) is 23.1. The number of fused-ring (bicyclic) bond motifs is 3. The van der Waals surface area contributed by atoms with Crippen molar-refractivity contribution in [2.45, 2.75) is 56.6 Å². The van der Waals surface area contributed by atoms with Crippen molar-refractivity contribution < 1.29 is 9.53 Å². The van der Waals surface area contributed by atoms with Crippen LogP contribution in [0.25, 0.3) is 0 Å². The average Bonchev–Trinajstić information content (AvgIpc) is 2.81. The molecule has 0 aliphatic heterocycles. The zero-order valence-electron chi connectivity index (χ0n) is 19.7. The van der Waals surface area contributed by atoms with Crippen LogP contribution in [0, 0.1) is 51.2 Å². The molecular formula is C28H35NO2S. The third kappa shape index (κ3) is 3.27. The van der Waals surface area contributed by atoms with Gasteiger partial charge < -0.3 is 4.74 Å². The maximum atomic E-state index is 13.2. The predicted octanol–water partition coefficient (Wildman–Crippen LogP) is 6.67. The van der Waals surface area contributed by atoms with Crippen LogP contribution in [-0.2, 0) is 9.53 Å². The molecule has 8 atom stereocenters. The van der Waals surface area contributed by atoms with Crippen LogP contribution in [0.2, 0.25) is 0 Å². The lowest BCUT2D eigenvalue weighted by Gasteiger charge is -2.64. The molecule has 1 aromatic carbocycles. The van der Waals surface area contributed by atoms with Crippen molar-refractivity contribution in [3.63, 3.8) is 0 Å². The molecule has 4 rings (SSSR count). The largest absolute Gasteiger partial charge is 0.469 e. The second kappa shape index (κ2) is 8.41. The van der Waals surface area contributed by atoms with Crippen molar-refractivity contribution in [1.29, 1.82) is 5.26 Å². The second-order valence-electron chi connectivity index (χ2n) is 10.5. The average molecular weight is 450 g/mol. The number of thioether (sulfide) groups is 1. The SMILES string of the molecule is C=C[C@@]1(C)[C@H](C)CC[C@]2(C#N)[C@@H]1CC[C@@]1(C)[C@H]2C=C[C@H](Sc2ccccc2)[C@@H]1C(=O)OC. The zero-order valence-corrected chi connectivity index (χ0v) is 20.5. The Hall–Kier alpha value is -1.99. The molecular weight excluding hydrogens is 414 g/mol. The number of nitriles is 1. The van der Waals surface area contributed by atoms with Crippen molar-refractivity contribution in [1.82, 2.24) is 0 Å². The van der Waals surface area contributed by atoms with E-state index in [2.05, 4.69) is 63.8 Å². The Labute approximate surface area is 197 Å². The Balaban J connectivity index is 1.80. The van der Waals surface area contributed by atoms with Crippen LogP contribution < -0.4 is 0 Å². The molecule has 3 aliphatic carbocycles. The Morgan fingerprint density at radius 3 is 2.56 bits per heavy atom. The van der Waals surface area contributed by atoms with Crippen molar-refractivity contribution in [3.05, 3.63) is 55.1 Å². The van der Waals surface area contributed by atoms with Crippen molar-refractivity contribution >= 4 is 17.7 Å². The summed E-state index contributed by atoms with van der Waals surface area (Å²) in [7, 11) is 1.49. The number of hydrogen-bond donors (Lipinski definition) is 0. The Kier molecular flexibility index (Phi) is 6.09. The summed E-state index contributed by atoms with van der Waals surface area (Å²) in [5.74, 6) is 0.342. The standard InChI is InChI=1S/C28H35NO2S/c1-6-26(3)19(2)14-17-28(18-29)22-13-12-21(32-20-10-8-7-9-11-20)24(25(30)31-5)27(22,4)16-15-23(26)28/h6-13,19,21-24H,1,14-17H2,2-5H3/t19-,21+,22-,23-,24-,26+,27+,28-/m1/s1. The van der Waals surface area contributed by atoms with Gasteiger partial charge in [0, 0.05) is 16.1 Å². The van der Waals surface area contributed by atoms with Crippen molar-refractivity contribution in [2.24, 2.45) is 39.9 Å². The Bertz CT molecular complexity index is 952. The molecule has 0 N–H and O–H groups in total. The Morgan fingerprint density at radius 1 is 1.22 bits per heavy atom. The van der Waals surface area contributed by atoms with Gasteiger partial charge in [-0.1, -0.05) is 57.2 Å². The first kappa shape index (κ1) is 23.2. The van der Waals surface area contributed by atoms with Gasteiger partial charge in [-0.2, -0.15) is 5.26 Å². The first-order valence-corrected chi connectivity index (χ1v) is 12.7. The summed E-state index contributed by atoms with van der Waals surface area (Å²) < 4.78 is 5.37.